The molecule has 3 rings (SSSR count). The van der Waals surface area contributed by atoms with E-state index in [1.807, 2.05) is 24.3 Å². The zero-order valence-electron chi connectivity index (χ0n) is 13.3. The van der Waals surface area contributed by atoms with Crippen LogP contribution in [0.25, 0.3) is 11.1 Å². The Kier molecular flexibility index (Phi) is 4.93. The molecule has 23 heavy (non-hydrogen) atoms. The van der Waals surface area contributed by atoms with Gasteiger partial charge in [-0.3, -0.25) is 4.79 Å². The van der Waals surface area contributed by atoms with Crippen LogP contribution in [0.1, 0.15) is 18.4 Å². The van der Waals surface area contributed by atoms with Crippen molar-refractivity contribution in [2.24, 2.45) is 0 Å². The van der Waals surface area contributed by atoms with Crippen molar-refractivity contribution in [1.82, 2.24) is 10.6 Å². The van der Waals surface area contributed by atoms with Crippen molar-refractivity contribution in [3.8, 4) is 16.9 Å². The average molecular weight is 310 g/mol. The monoisotopic (exact) mass is 310 g/mol. The lowest BCUT2D eigenvalue weighted by Crippen LogP contribution is -2.39. The maximum Gasteiger partial charge on any atom is 0.237 e. The van der Waals surface area contributed by atoms with E-state index in [0.29, 0.717) is 6.54 Å². The van der Waals surface area contributed by atoms with E-state index in [-0.39, 0.29) is 11.9 Å². The molecule has 1 atom stereocenters. The lowest BCUT2D eigenvalue weighted by Gasteiger charge is -2.11. The minimum atomic E-state index is -0.0198. The summed E-state index contributed by atoms with van der Waals surface area (Å²) in [6.07, 6.45) is 2.01. The molecule has 0 bridgehead atoms. The van der Waals surface area contributed by atoms with Crippen LogP contribution < -0.4 is 15.4 Å². The van der Waals surface area contributed by atoms with E-state index in [2.05, 4.69) is 34.9 Å². The molecule has 120 valence electrons. The topological polar surface area (TPSA) is 50.4 Å². The number of nitrogens with one attached hydrogen (secondary N) is 2. The quantitative estimate of drug-likeness (QED) is 0.893. The van der Waals surface area contributed by atoms with Gasteiger partial charge in [0.25, 0.3) is 0 Å². The number of hydrogen-bond donors (Lipinski definition) is 2. The molecule has 1 aliphatic heterocycles. The normalized spacial score (nSPS) is 17.0. The summed E-state index contributed by atoms with van der Waals surface area (Å²) >= 11 is 0. The summed E-state index contributed by atoms with van der Waals surface area (Å²) in [5.74, 6) is 0.954. The van der Waals surface area contributed by atoms with Crippen LogP contribution in [0.15, 0.2) is 48.5 Å². The van der Waals surface area contributed by atoms with E-state index in [1.165, 1.54) is 0 Å². The van der Waals surface area contributed by atoms with Crippen LogP contribution >= 0.6 is 0 Å². The largest absolute Gasteiger partial charge is 0.497 e. The van der Waals surface area contributed by atoms with Crippen LogP contribution in [0.2, 0.25) is 0 Å². The first-order valence-electron chi connectivity index (χ1n) is 8.01. The van der Waals surface area contributed by atoms with E-state index >= 15 is 0 Å². The molecule has 1 saturated heterocycles. The van der Waals surface area contributed by atoms with Crippen LogP contribution in [0.4, 0.5) is 0 Å². The molecule has 1 aliphatic rings. The highest BCUT2D eigenvalue weighted by atomic mass is 16.5. The van der Waals surface area contributed by atoms with Gasteiger partial charge in [-0.2, -0.15) is 0 Å². The number of carbonyl (C=O) groups is 1. The van der Waals surface area contributed by atoms with Crippen molar-refractivity contribution in [1.29, 1.82) is 0 Å². The number of ether oxygens (including phenoxy) is 1. The lowest BCUT2D eigenvalue weighted by atomic mass is 10.0. The second-order valence-electron chi connectivity index (χ2n) is 5.79. The molecule has 1 fully saturated rings. The van der Waals surface area contributed by atoms with Gasteiger partial charge in [0.05, 0.1) is 13.2 Å². The second kappa shape index (κ2) is 7.29. The Morgan fingerprint density at radius 2 is 1.78 bits per heavy atom. The Labute approximate surface area is 136 Å². The van der Waals surface area contributed by atoms with Crippen molar-refractivity contribution in [2.75, 3.05) is 13.7 Å². The van der Waals surface area contributed by atoms with Crippen LogP contribution in [0.3, 0.4) is 0 Å². The van der Waals surface area contributed by atoms with E-state index in [0.717, 1.165) is 41.8 Å². The van der Waals surface area contributed by atoms with Crippen molar-refractivity contribution >= 4 is 5.91 Å². The lowest BCUT2D eigenvalue weighted by molar-refractivity contribution is -0.122. The highest BCUT2D eigenvalue weighted by Gasteiger charge is 2.21. The third kappa shape index (κ3) is 3.90. The van der Waals surface area contributed by atoms with Gasteiger partial charge in [0.1, 0.15) is 5.75 Å². The zero-order valence-corrected chi connectivity index (χ0v) is 13.3. The molecule has 2 N–H and O–H groups in total. The SMILES string of the molecule is COc1ccc(-c2ccc(CNC(=O)C3CCCN3)cc2)cc1. The fraction of sp³-hybridized carbons (Fsp3) is 0.316. The average Bonchev–Trinajstić information content (AvgIpc) is 3.15. The van der Waals surface area contributed by atoms with Crippen molar-refractivity contribution in [2.45, 2.75) is 25.4 Å². The first-order chi connectivity index (χ1) is 11.3. The fourth-order valence-corrected chi connectivity index (χ4v) is 2.82. The third-order valence-corrected chi connectivity index (χ3v) is 4.22. The van der Waals surface area contributed by atoms with E-state index in [9.17, 15) is 4.79 Å². The molecule has 2 aromatic carbocycles. The van der Waals surface area contributed by atoms with Crippen molar-refractivity contribution in [3.63, 3.8) is 0 Å². The molecule has 1 heterocycles. The van der Waals surface area contributed by atoms with Crippen LogP contribution in [-0.4, -0.2) is 25.6 Å². The standard InChI is InChI=1S/C19H22N2O2/c1-23-17-10-8-16(9-11-17)15-6-4-14(5-7-15)13-21-19(22)18-3-2-12-20-18/h4-11,18,20H,2-3,12-13H2,1H3,(H,21,22). The molecule has 0 aliphatic carbocycles. The van der Waals surface area contributed by atoms with Crippen LogP contribution in [0, 0.1) is 0 Å². The number of hydrogen-bond acceptors (Lipinski definition) is 3. The summed E-state index contributed by atoms with van der Waals surface area (Å²) in [6.45, 7) is 1.51. The van der Waals surface area contributed by atoms with Gasteiger partial charge >= 0.3 is 0 Å². The molecule has 0 spiro atoms. The maximum atomic E-state index is 12.0. The minimum Gasteiger partial charge on any atom is -0.497 e. The Balaban J connectivity index is 1.59. The van der Waals surface area contributed by atoms with Gasteiger partial charge in [0, 0.05) is 6.54 Å². The molecule has 2 aromatic rings. The second-order valence-corrected chi connectivity index (χ2v) is 5.79. The van der Waals surface area contributed by atoms with Gasteiger partial charge in [-0.25, -0.2) is 0 Å². The Morgan fingerprint density at radius 1 is 1.13 bits per heavy atom. The van der Waals surface area contributed by atoms with Gasteiger partial charge in [-0.05, 0) is 48.2 Å². The van der Waals surface area contributed by atoms with E-state index in [1.54, 1.807) is 7.11 Å². The summed E-state index contributed by atoms with van der Waals surface area (Å²) in [5.41, 5.74) is 3.41. The summed E-state index contributed by atoms with van der Waals surface area (Å²) < 4.78 is 5.18. The number of carbonyl (C=O) groups excluding carboxylic acids is 1. The molecule has 0 saturated carbocycles. The third-order valence-electron chi connectivity index (χ3n) is 4.22. The number of rotatable bonds is 5. The van der Waals surface area contributed by atoms with E-state index in [4.69, 9.17) is 4.74 Å². The van der Waals surface area contributed by atoms with Gasteiger partial charge in [-0.15, -0.1) is 0 Å². The molecule has 1 unspecified atom stereocenters. The molecule has 0 radical (unpaired) electrons. The molecule has 4 nitrogen and oxygen atoms in total. The molecule has 1 amide bonds. The summed E-state index contributed by atoms with van der Waals surface area (Å²) in [7, 11) is 1.67. The van der Waals surface area contributed by atoms with Crippen molar-refractivity contribution in [3.05, 3.63) is 54.1 Å². The van der Waals surface area contributed by atoms with Gasteiger partial charge in [-0.1, -0.05) is 36.4 Å². The predicted molar refractivity (Wildman–Crippen MR) is 91.3 cm³/mol. The minimum absolute atomic E-state index is 0.0198. The number of methoxy groups -OCH3 is 1. The maximum absolute atomic E-state index is 12.0. The molecular formula is C19H22N2O2. The Morgan fingerprint density at radius 3 is 2.35 bits per heavy atom. The highest BCUT2D eigenvalue weighted by molar-refractivity contribution is 5.82. The van der Waals surface area contributed by atoms with Crippen LogP contribution in [0.5, 0.6) is 5.75 Å². The summed E-state index contributed by atoms with van der Waals surface area (Å²) in [4.78, 5) is 12.0. The van der Waals surface area contributed by atoms with Crippen molar-refractivity contribution < 1.29 is 9.53 Å². The molecule has 4 heteroatoms. The highest BCUT2D eigenvalue weighted by Crippen LogP contribution is 2.22. The summed E-state index contributed by atoms with van der Waals surface area (Å²) in [6, 6.07) is 16.3. The zero-order chi connectivity index (χ0) is 16.1. The number of amides is 1. The first-order valence-corrected chi connectivity index (χ1v) is 8.01. The predicted octanol–water partition coefficient (Wildman–Crippen LogP) is 2.73. The van der Waals surface area contributed by atoms with Gasteiger partial charge < -0.3 is 15.4 Å². The first kappa shape index (κ1) is 15.6. The fourth-order valence-electron chi connectivity index (χ4n) is 2.82. The summed E-state index contributed by atoms with van der Waals surface area (Å²) in [5, 5.41) is 6.21. The van der Waals surface area contributed by atoms with Crippen LogP contribution in [-0.2, 0) is 11.3 Å². The molecule has 0 aromatic heterocycles. The Hall–Kier alpha value is -2.33. The molecular weight excluding hydrogens is 288 g/mol. The van der Waals surface area contributed by atoms with Gasteiger partial charge in [0.2, 0.25) is 5.91 Å². The van der Waals surface area contributed by atoms with Gasteiger partial charge in [0.15, 0.2) is 0 Å². The smallest absolute Gasteiger partial charge is 0.237 e. The number of benzene rings is 2. The Bertz CT molecular complexity index is 644. The van der Waals surface area contributed by atoms with E-state index < -0.39 is 0 Å².